The Morgan fingerprint density at radius 3 is 2.37 bits per heavy atom. The van der Waals surface area contributed by atoms with Crippen LogP contribution in [0.1, 0.15) is 57.0 Å². The molecule has 180 valence electrons. The molecule has 3 aromatic rings. The lowest BCUT2D eigenvalue weighted by atomic mass is 9.78. The number of carbonyl (C=O) groups is 3. The Morgan fingerprint density at radius 1 is 1.03 bits per heavy atom. The van der Waals surface area contributed by atoms with E-state index in [9.17, 15) is 14.4 Å². The molecule has 1 saturated carbocycles. The summed E-state index contributed by atoms with van der Waals surface area (Å²) in [5, 5.41) is 6.22. The maximum Gasteiger partial charge on any atom is 0.261 e. The summed E-state index contributed by atoms with van der Waals surface area (Å²) >= 11 is 1.64. The number of rotatable bonds is 7. The van der Waals surface area contributed by atoms with Crippen LogP contribution in [-0.2, 0) is 11.2 Å². The molecule has 2 heterocycles. The number of fused-ring (bicyclic) bond motifs is 1. The highest BCUT2D eigenvalue weighted by Gasteiger charge is 2.39. The van der Waals surface area contributed by atoms with Gasteiger partial charge < -0.3 is 5.32 Å². The molecule has 1 aliphatic carbocycles. The smallest absolute Gasteiger partial charge is 0.261 e. The van der Waals surface area contributed by atoms with Gasteiger partial charge in [-0.2, -0.15) is 0 Å². The fraction of sp³-hybridized carbons (Fsp3) is 0.357. The maximum atomic E-state index is 13.1. The number of nitrogens with zero attached hydrogens (tertiary/aromatic N) is 2. The fourth-order valence-electron chi connectivity index (χ4n) is 5.21. The summed E-state index contributed by atoms with van der Waals surface area (Å²) in [6.45, 7) is 2.87. The number of aryl methyl sites for hydroxylation is 1. The van der Waals surface area contributed by atoms with Crippen LogP contribution in [0.4, 0.5) is 0 Å². The molecule has 7 heteroatoms. The summed E-state index contributed by atoms with van der Waals surface area (Å²) in [5.41, 5.74) is 4.18. The van der Waals surface area contributed by atoms with Gasteiger partial charge in [-0.3, -0.25) is 19.3 Å². The standard InChI is InChI=1S/C28H29N3O3S/c1-18-30-25(17-35-18)20-12-10-19(11-13-20)14-15-29-26(32)22-7-3-2-6-21(22)16-31-27(33)23-8-4-5-9-24(23)28(31)34/h4-5,8-13,17,21-22H,2-3,6-7,14-16H2,1H3,(H,29,32). The minimum atomic E-state index is -0.244. The Hall–Kier alpha value is -3.32. The van der Waals surface area contributed by atoms with Crippen LogP contribution in [0.15, 0.2) is 53.9 Å². The van der Waals surface area contributed by atoms with Crippen molar-refractivity contribution >= 4 is 29.1 Å². The molecule has 1 fully saturated rings. The highest BCUT2D eigenvalue weighted by molar-refractivity contribution is 7.09. The third kappa shape index (κ3) is 4.91. The van der Waals surface area contributed by atoms with Gasteiger partial charge in [-0.15, -0.1) is 11.3 Å². The van der Waals surface area contributed by atoms with Gasteiger partial charge in [-0.05, 0) is 49.8 Å². The summed E-state index contributed by atoms with van der Waals surface area (Å²) in [5.74, 6) is -0.644. The largest absolute Gasteiger partial charge is 0.356 e. The van der Waals surface area contributed by atoms with E-state index < -0.39 is 0 Å². The molecular weight excluding hydrogens is 458 g/mol. The first-order valence-electron chi connectivity index (χ1n) is 12.3. The van der Waals surface area contributed by atoms with Crippen molar-refractivity contribution in [3.63, 3.8) is 0 Å². The number of hydrogen-bond acceptors (Lipinski definition) is 5. The molecule has 1 N–H and O–H groups in total. The Bertz CT molecular complexity index is 1220. The van der Waals surface area contributed by atoms with Crippen molar-refractivity contribution in [2.75, 3.05) is 13.1 Å². The Labute approximate surface area is 209 Å². The topological polar surface area (TPSA) is 79.4 Å². The predicted molar refractivity (Wildman–Crippen MR) is 136 cm³/mol. The third-order valence-corrected chi connectivity index (χ3v) is 7.90. The first-order valence-corrected chi connectivity index (χ1v) is 13.1. The summed E-state index contributed by atoms with van der Waals surface area (Å²) in [4.78, 5) is 44.6. The first kappa shape index (κ1) is 23.4. The number of aromatic nitrogens is 1. The van der Waals surface area contributed by atoms with Gasteiger partial charge in [0.2, 0.25) is 5.91 Å². The lowest BCUT2D eigenvalue weighted by Gasteiger charge is -2.32. The fourth-order valence-corrected chi connectivity index (χ4v) is 5.83. The maximum absolute atomic E-state index is 13.1. The zero-order valence-corrected chi connectivity index (χ0v) is 20.6. The number of hydrogen-bond donors (Lipinski definition) is 1. The monoisotopic (exact) mass is 487 g/mol. The number of nitrogens with one attached hydrogen (secondary N) is 1. The van der Waals surface area contributed by atoms with Crippen molar-refractivity contribution in [1.29, 1.82) is 0 Å². The highest BCUT2D eigenvalue weighted by atomic mass is 32.1. The molecule has 2 aliphatic rings. The van der Waals surface area contributed by atoms with Crippen LogP contribution in [0.25, 0.3) is 11.3 Å². The second kappa shape index (κ2) is 10.1. The van der Waals surface area contributed by atoms with Gasteiger partial charge in [0.15, 0.2) is 0 Å². The van der Waals surface area contributed by atoms with E-state index in [1.165, 1.54) is 4.90 Å². The van der Waals surface area contributed by atoms with E-state index in [-0.39, 0.29) is 29.6 Å². The van der Waals surface area contributed by atoms with Crippen molar-refractivity contribution in [2.24, 2.45) is 11.8 Å². The Morgan fingerprint density at radius 2 is 1.71 bits per heavy atom. The molecule has 5 rings (SSSR count). The van der Waals surface area contributed by atoms with Crippen molar-refractivity contribution in [3.05, 3.63) is 75.6 Å². The van der Waals surface area contributed by atoms with Crippen LogP contribution in [0.3, 0.4) is 0 Å². The lowest BCUT2D eigenvalue weighted by Crippen LogP contribution is -2.43. The van der Waals surface area contributed by atoms with Crippen LogP contribution >= 0.6 is 11.3 Å². The molecule has 2 unspecified atom stereocenters. The van der Waals surface area contributed by atoms with Crippen molar-refractivity contribution in [2.45, 2.75) is 39.0 Å². The summed E-state index contributed by atoms with van der Waals surface area (Å²) in [6.07, 6.45) is 4.40. The van der Waals surface area contributed by atoms with Crippen molar-refractivity contribution in [1.82, 2.24) is 15.2 Å². The van der Waals surface area contributed by atoms with Gasteiger partial charge in [-0.1, -0.05) is 49.2 Å². The second-order valence-electron chi connectivity index (χ2n) is 9.41. The van der Waals surface area contributed by atoms with E-state index in [4.69, 9.17) is 0 Å². The number of benzene rings is 2. The molecule has 0 bridgehead atoms. The summed E-state index contributed by atoms with van der Waals surface area (Å²) < 4.78 is 0. The van der Waals surface area contributed by atoms with Gasteiger partial charge in [0, 0.05) is 30.0 Å². The summed E-state index contributed by atoms with van der Waals surface area (Å²) in [6, 6.07) is 15.3. The molecule has 2 atom stereocenters. The number of amides is 3. The minimum Gasteiger partial charge on any atom is -0.356 e. The van der Waals surface area contributed by atoms with Crippen LogP contribution in [-0.4, -0.2) is 40.7 Å². The van der Waals surface area contributed by atoms with E-state index in [0.29, 0.717) is 24.2 Å². The molecule has 2 aromatic carbocycles. The van der Waals surface area contributed by atoms with Crippen LogP contribution in [0.2, 0.25) is 0 Å². The second-order valence-corrected chi connectivity index (χ2v) is 10.5. The lowest BCUT2D eigenvalue weighted by molar-refractivity contribution is -0.127. The quantitative estimate of drug-likeness (QED) is 0.482. The van der Waals surface area contributed by atoms with E-state index in [0.717, 1.165) is 53.9 Å². The average Bonchev–Trinajstić information content (AvgIpc) is 3.42. The number of thiazole rings is 1. The number of carbonyl (C=O) groups excluding carboxylic acids is 3. The molecular formula is C28H29N3O3S. The molecule has 6 nitrogen and oxygen atoms in total. The number of imide groups is 1. The van der Waals surface area contributed by atoms with E-state index in [1.807, 2.05) is 6.92 Å². The molecule has 1 aliphatic heterocycles. The van der Waals surface area contributed by atoms with Gasteiger partial charge >= 0.3 is 0 Å². The van der Waals surface area contributed by atoms with Crippen LogP contribution in [0, 0.1) is 18.8 Å². The zero-order chi connectivity index (χ0) is 24.4. The minimum absolute atomic E-state index is 0.00758. The molecule has 0 radical (unpaired) electrons. The SMILES string of the molecule is Cc1nc(-c2ccc(CCNC(=O)C3CCCCC3CN3C(=O)c4ccccc4C3=O)cc2)cs1. The Balaban J connectivity index is 1.16. The van der Waals surface area contributed by atoms with Gasteiger partial charge in [0.05, 0.1) is 21.8 Å². The zero-order valence-electron chi connectivity index (χ0n) is 19.8. The van der Waals surface area contributed by atoms with E-state index in [2.05, 4.69) is 39.9 Å². The predicted octanol–water partition coefficient (Wildman–Crippen LogP) is 4.88. The third-order valence-electron chi connectivity index (χ3n) is 7.12. The first-order chi connectivity index (χ1) is 17.0. The van der Waals surface area contributed by atoms with E-state index in [1.54, 1.807) is 35.6 Å². The van der Waals surface area contributed by atoms with Crippen molar-refractivity contribution in [3.8, 4) is 11.3 Å². The molecule has 1 aromatic heterocycles. The normalized spacial score (nSPS) is 19.6. The van der Waals surface area contributed by atoms with Crippen molar-refractivity contribution < 1.29 is 14.4 Å². The molecule has 35 heavy (non-hydrogen) atoms. The van der Waals surface area contributed by atoms with Gasteiger partial charge in [-0.25, -0.2) is 4.98 Å². The highest BCUT2D eigenvalue weighted by Crippen LogP contribution is 2.33. The summed E-state index contributed by atoms with van der Waals surface area (Å²) in [7, 11) is 0. The van der Waals surface area contributed by atoms with Crippen LogP contribution < -0.4 is 5.32 Å². The molecule has 0 spiro atoms. The van der Waals surface area contributed by atoms with Gasteiger partial charge in [0.1, 0.15) is 0 Å². The molecule has 3 amide bonds. The molecule has 0 saturated heterocycles. The van der Waals surface area contributed by atoms with Crippen LogP contribution in [0.5, 0.6) is 0 Å². The van der Waals surface area contributed by atoms with E-state index >= 15 is 0 Å². The Kier molecular flexibility index (Phi) is 6.77. The average molecular weight is 488 g/mol. The van der Waals surface area contributed by atoms with Gasteiger partial charge in [0.25, 0.3) is 11.8 Å².